The van der Waals surface area contributed by atoms with Crippen LogP contribution in [-0.2, 0) is 11.3 Å². The molecule has 0 saturated carbocycles. The molecule has 0 amide bonds. The number of nitrogens with zero attached hydrogens (tertiary/aromatic N) is 1. The fraction of sp³-hybridized carbons (Fsp3) is 0.583. The van der Waals surface area contributed by atoms with Gasteiger partial charge in [-0.1, -0.05) is 0 Å². The van der Waals surface area contributed by atoms with E-state index >= 15 is 0 Å². The van der Waals surface area contributed by atoms with Crippen molar-refractivity contribution in [1.29, 1.82) is 0 Å². The number of carbonyl (C=O) groups is 1. The summed E-state index contributed by atoms with van der Waals surface area (Å²) in [5, 5.41) is 8.89. The molecule has 0 aliphatic carbocycles. The monoisotopic (exact) mass is 241 g/mol. The van der Waals surface area contributed by atoms with Gasteiger partial charge in [-0.05, 0) is 27.0 Å². The molecule has 5 heteroatoms. The van der Waals surface area contributed by atoms with Crippen molar-refractivity contribution in [3.8, 4) is 0 Å². The molecule has 1 aromatic rings. The van der Waals surface area contributed by atoms with Crippen molar-refractivity contribution in [2.45, 2.75) is 20.4 Å². The van der Waals surface area contributed by atoms with Crippen LogP contribution in [-0.4, -0.2) is 42.8 Å². The largest absolute Gasteiger partial charge is 0.478 e. The zero-order valence-electron chi connectivity index (χ0n) is 10.5. The fourth-order valence-corrected chi connectivity index (χ4v) is 1.54. The zero-order valence-corrected chi connectivity index (χ0v) is 10.5. The number of hydrogen-bond donors (Lipinski definition) is 1. The first kappa shape index (κ1) is 13.7. The third-order valence-corrected chi connectivity index (χ3v) is 2.45. The summed E-state index contributed by atoms with van der Waals surface area (Å²) in [7, 11) is 1.94. The van der Waals surface area contributed by atoms with E-state index < -0.39 is 5.97 Å². The normalized spacial score (nSPS) is 11.1. The number of aryl methyl sites for hydroxylation is 1. The molecule has 17 heavy (non-hydrogen) atoms. The summed E-state index contributed by atoms with van der Waals surface area (Å²) in [6, 6.07) is 1.58. The second-order valence-corrected chi connectivity index (χ2v) is 3.92. The van der Waals surface area contributed by atoms with Gasteiger partial charge in [-0.15, -0.1) is 0 Å². The van der Waals surface area contributed by atoms with E-state index in [1.54, 1.807) is 13.0 Å². The quantitative estimate of drug-likeness (QED) is 0.737. The van der Waals surface area contributed by atoms with Crippen LogP contribution in [0.2, 0.25) is 0 Å². The molecule has 0 spiro atoms. The third kappa shape index (κ3) is 4.20. The first-order chi connectivity index (χ1) is 8.04. The van der Waals surface area contributed by atoms with E-state index in [2.05, 4.69) is 0 Å². The Kier molecular flexibility index (Phi) is 5.18. The average Bonchev–Trinajstić information content (AvgIpc) is 2.60. The molecule has 1 aromatic heterocycles. The minimum atomic E-state index is -0.950. The van der Waals surface area contributed by atoms with Crippen LogP contribution in [0.15, 0.2) is 10.5 Å². The van der Waals surface area contributed by atoms with E-state index in [1.165, 1.54) is 0 Å². The van der Waals surface area contributed by atoms with E-state index in [0.717, 1.165) is 6.54 Å². The van der Waals surface area contributed by atoms with Crippen LogP contribution >= 0.6 is 0 Å². The van der Waals surface area contributed by atoms with Gasteiger partial charge >= 0.3 is 5.97 Å². The molecule has 1 rings (SSSR count). The average molecular weight is 241 g/mol. The van der Waals surface area contributed by atoms with Gasteiger partial charge in [0.05, 0.1) is 13.2 Å². The molecule has 0 aliphatic rings. The highest BCUT2D eigenvalue weighted by Gasteiger charge is 2.14. The third-order valence-electron chi connectivity index (χ3n) is 2.45. The van der Waals surface area contributed by atoms with Gasteiger partial charge in [-0.3, -0.25) is 4.90 Å². The van der Waals surface area contributed by atoms with E-state index in [1.807, 2.05) is 18.9 Å². The van der Waals surface area contributed by atoms with Gasteiger partial charge in [0.2, 0.25) is 0 Å². The van der Waals surface area contributed by atoms with Crippen LogP contribution in [0.4, 0.5) is 0 Å². The predicted molar refractivity (Wildman–Crippen MR) is 63.2 cm³/mol. The molecule has 0 aromatic carbocycles. The Bertz CT molecular complexity index is 373. The second-order valence-electron chi connectivity index (χ2n) is 3.92. The molecule has 0 aliphatic heterocycles. The Morgan fingerprint density at radius 3 is 2.82 bits per heavy atom. The molecule has 0 radical (unpaired) electrons. The van der Waals surface area contributed by atoms with Crippen LogP contribution in [0.3, 0.4) is 0 Å². The minimum Gasteiger partial charge on any atom is -0.478 e. The summed E-state index contributed by atoms with van der Waals surface area (Å²) in [6.07, 6.45) is 0. The van der Waals surface area contributed by atoms with Crippen molar-refractivity contribution in [1.82, 2.24) is 4.90 Å². The van der Waals surface area contributed by atoms with Crippen molar-refractivity contribution >= 4 is 5.97 Å². The van der Waals surface area contributed by atoms with Crippen LogP contribution in [0.1, 0.15) is 28.8 Å². The molecule has 96 valence electrons. The number of furan rings is 1. The maximum atomic E-state index is 10.8. The second kappa shape index (κ2) is 6.42. The van der Waals surface area contributed by atoms with E-state index in [-0.39, 0.29) is 5.56 Å². The van der Waals surface area contributed by atoms with Crippen LogP contribution in [0, 0.1) is 6.92 Å². The first-order valence-corrected chi connectivity index (χ1v) is 5.63. The zero-order chi connectivity index (χ0) is 12.8. The lowest BCUT2D eigenvalue weighted by Gasteiger charge is -2.14. The number of carboxylic acids is 1. The maximum Gasteiger partial charge on any atom is 0.339 e. The summed E-state index contributed by atoms with van der Waals surface area (Å²) in [5.74, 6) is 0.166. The summed E-state index contributed by atoms with van der Waals surface area (Å²) < 4.78 is 10.6. The highest BCUT2D eigenvalue weighted by atomic mass is 16.5. The van der Waals surface area contributed by atoms with Gasteiger partial charge in [-0.2, -0.15) is 0 Å². The topological polar surface area (TPSA) is 62.9 Å². The van der Waals surface area contributed by atoms with Crippen molar-refractivity contribution in [3.63, 3.8) is 0 Å². The van der Waals surface area contributed by atoms with Gasteiger partial charge in [0.25, 0.3) is 0 Å². The molecule has 0 saturated heterocycles. The van der Waals surface area contributed by atoms with Gasteiger partial charge in [0.1, 0.15) is 17.1 Å². The lowest BCUT2D eigenvalue weighted by Crippen LogP contribution is -2.22. The van der Waals surface area contributed by atoms with Gasteiger partial charge in [0, 0.05) is 13.2 Å². The van der Waals surface area contributed by atoms with Gasteiger partial charge < -0.3 is 14.3 Å². The highest BCUT2D eigenvalue weighted by Crippen LogP contribution is 2.15. The van der Waals surface area contributed by atoms with Crippen LogP contribution in [0.25, 0.3) is 0 Å². The van der Waals surface area contributed by atoms with Crippen molar-refractivity contribution in [3.05, 3.63) is 23.2 Å². The molecule has 1 heterocycles. The van der Waals surface area contributed by atoms with Crippen molar-refractivity contribution in [2.24, 2.45) is 0 Å². The Morgan fingerprint density at radius 1 is 1.59 bits per heavy atom. The number of carboxylic acid groups (broad SMARTS) is 1. The fourth-order valence-electron chi connectivity index (χ4n) is 1.54. The van der Waals surface area contributed by atoms with Crippen molar-refractivity contribution in [2.75, 3.05) is 26.8 Å². The smallest absolute Gasteiger partial charge is 0.339 e. The molecule has 0 bridgehead atoms. The number of likely N-dealkylation sites (N-methyl/N-ethyl adjacent to an activating group) is 1. The van der Waals surface area contributed by atoms with Crippen molar-refractivity contribution < 1.29 is 19.1 Å². The van der Waals surface area contributed by atoms with Crippen LogP contribution in [0.5, 0.6) is 0 Å². The number of rotatable bonds is 7. The molecule has 5 nitrogen and oxygen atoms in total. The molecular weight excluding hydrogens is 222 g/mol. The minimum absolute atomic E-state index is 0.234. The molecule has 1 N–H and O–H groups in total. The van der Waals surface area contributed by atoms with E-state index in [0.29, 0.717) is 31.3 Å². The first-order valence-electron chi connectivity index (χ1n) is 5.63. The molecule has 0 unspecified atom stereocenters. The molecule has 0 atom stereocenters. The number of ether oxygens (including phenoxy) is 1. The SMILES string of the molecule is CCOCCN(C)Cc1cc(C(=O)O)c(C)o1. The number of aromatic carboxylic acids is 1. The van der Waals surface area contributed by atoms with E-state index in [9.17, 15) is 4.79 Å². The Hall–Kier alpha value is -1.33. The lowest BCUT2D eigenvalue weighted by molar-refractivity contribution is 0.0695. The molecular formula is C12H19NO4. The highest BCUT2D eigenvalue weighted by molar-refractivity contribution is 5.88. The Labute approximate surface area is 101 Å². The summed E-state index contributed by atoms with van der Waals surface area (Å²) in [4.78, 5) is 12.9. The summed E-state index contributed by atoms with van der Waals surface area (Å²) >= 11 is 0. The lowest BCUT2D eigenvalue weighted by atomic mass is 10.2. The number of hydrogen-bond acceptors (Lipinski definition) is 4. The Morgan fingerprint density at radius 2 is 2.29 bits per heavy atom. The van der Waals surface area contributed by atoms with E-state index in [4.69, 9.17) is 14.3 Å². The van der Waals surface area contributed by atoms with Gasteiger partial charge in [0.15, 0.2) is 0 Å². The molecule has 0 fully saturated rings. The standard InChI is InChI=1S/C12H19NO4/c1-4-16-6-5-13(3)8-10-7-11(12(14)15)9(2)17-10/h7H,4-6,8H2,1-3H3,(H,14,15). The summed E-state index contributed by atoms with van der Waals surface area (Å²) in [6.45, 7) is 6.36. The van der Waals surface area contributed by atoms with Gasteiger partial charge in [-0.25, -0.2) is 4.79 Å². The van der Waals surface area contributed by atoms with Crippen LogP contribution < -0.4 is 0 Å². The summed E-state index contributed by atoms with van der Waals surface area (Å²) in [5.41, 5.74) is 0.234. The predicted octanol–water partition coefficient (Wildman–Crippen LogP) is 1.75. The Balaban J connectivity index is 2.51. The maximum absolute atomic E-state index is 10.8.